The molecule has 3 nitrogen and oxygen atoms in total. The van der Waals surface area contributed by atoms with Gasteiger partial charge in [0.2, 0.25) is 5.91 Å². The summed E-state index contributed by atoms with van der Waals surface area (Å²) in [5.41, 5.74) is 1.85. The molecule has 0 spiro atoms. The number of nitrogens with zero attached hydrogens (tertiary/aromatic N) is 1. The van der Waals surface area contributed by atoms with Crippen LogP contribution in [0.15, 0.2) is 24.3 Å². The Hall–Kier alpha value is -1.10. The lowest BCUT2D eigenvalue weighted by atomic mass is 10.1. The van der Waals surface area contributed by atoms with Crippen molar-refractivity contribution in [1.29, 1.82) is 0 Å². The van der Waals surface area contributed by atoms with E-state index in [1.165, 1.54) is 11.3 Å². The third kappa shape index (κ3) is 3.69. The number of aryl methyl sites for hydroxylation is 1. The maximum absolute atomic E-state index is 11.5. The number of nitrogens with one attached hydrogen (secondary N) is 1. The number of alkyl halides is 1. The molecule has 1 amide bonds. The first kappa shape index (κ1) is 14.3. The minimum absolute atomic E-state index is 0.119. The van der Waals surface area contributed by atoms with Gasteiger partial charge in [-0.3, -0.25) is 4.79 Å². The van der Waals surface area contributed by atoms with Crippen molar-refractivity contribution in [3.8, 4) is 11.3 Å². The minimum atomic E-state index is -0.119. The maximum atomic E-state index is 11.5. The molecule has 1 N–H and O–H groups in total. The normalized spacial score (nSPS) is 10.5. The molecule has 1 aromatic heterocycles. The summed E-state index contributed by atoms with van der Waals surface area (Å²) in [6.45, 7) is 1.97. The van der Waals surface area contributed by atoms with E-state index in [2.05, 4.69) is 10.3 Å². The van der Waals surface area contributed by atoms with E-state index in [1.807, 2.05) is 31.2 Å². The molecule has 0 atom stereocenters. The van der Waals surface area contributed by atoms with Gasteiger partial charge in [0.05, 0.1) is 5.69 Å². The summed E-state index contributed by atoms with van der Waals surface area (Å²) in [6, 6.07) is 7.46. The van der Waals surface area contributed by atoms with Crippen molar-refractivity contribution in [1.82, 2.24) is 4.98 Å². The van der Waals surface area contributed by atoms with Gasteiger partial charge < -0.3 is 5.32 Å². The predicted molar refractivity (Wildman–Crippen MR) is 81.3 cm³/mol. The predicted octanol–water partition coefficient (Wildman–Crippen LogP) is 4.34. The molecule has 1 aromatic carbocycles. The van der Waals surface area contributed by atoms with Crippen molar-refractivity contribution >= 4 is 45.6 Å². The number of benzene rings is 1. The maximum Gasteiger partial charge on any atom is 0.227 e. The van der Waals surface area contributed by atoms with E-state index >= 15 is 0 Å². The van der Waals surface area contributed by atoms with E-state index in [0.29, 0.717) is 16.0 Å². The summed E-state index contributed by atoms with van der Waals surface area (Å²) in [6.07, 6.45) is 0.288. The van der Waals surface area contributed by atoms with Gasteiger partial charge in [-0.1, -0.05) is 23.7 Å². The average Bonchev–Trinajstić information content (AvgIpc) is 2.71. The molecule has 100 valence electrons. The lowest BCUT2D eigenvalue weighted by molar-refractivity contribution is -0.115. The molecule has 0 radical (unpaired) electrons. The van der Waals surface area contributed by atoms with Gasteiger partial charge in [0.15, 0.2) is 5.13 Å². The van der Waals surface area contributed by atoms with Crippen LogP contribution in [-0.4, -0.2) is 16.8 Å². The molecular weight excluding hydrogens is 303 g/mol. The zero-order chi connectivity index (χ0) is 13.8. The van der Waals surface area contributed by atoms with Crippen LogP contribution in [0.3, 0.4) is 0 Å². The van der Waals surface area contributed by atoms with Gasteiger partial charge in [-0.2, -0.15) is 0 Å². The number of rotatable bonds is 4. The summed E-state index contributed by atoms with van der Waals surface area (Å²) in [4.78, 5) is 16.9. The van der Waals surface area contributed by atoms with Gasteiger partial charge >= 0.3 is 0 Å². The summed E-state index contributed by atoms with van der Waals surface area (Å²) in [5.74, 6) is 0.187. The third-order valence-corrected chi connectivity index (χ3v) is 3.81. The van der Waals surface area contributed by atoms with E-state index in [-0.39, 0.29) is 12.3 Å². The highest BCUT2D eigenvalue weighted by Crippen LogP contribution is 2.30. The number of aromatic nitrogens is 1. The standard InChI is InChI=1S/C13H12Cl2N2OS/c1-8-12(9-2-4-10(15)5-3-9)17-13(19-8)16-11(18)6-7-14/h2-5H,6-7H2,1H3,(H,16,17,18). The molecule has 19 heavy (non-hydrogen) atoms. The number of hydrogen-bond acceptors (Lipinski definition) is 3. The first-order valence-corrected chi connectivity index (χ1v) is 7.42. The molecule has 0 saturated heterocycles. The molecule has 2 aromatic rings. The second-order valence-corrected chi connectivity index (χ2v) is 5.94. The number of anilines is 1. The molecule has 0 aliphatic rings. The Morgan fingerprint density at radius 3 is 2.68 bits per heavy atom. The SMILES string of the molecule is Cc1sc(NC(=O)CCCl)nc1-c1ccc(Cl)cc1. The molecule has 2 rings (SSSR count). The number of carbonyl (C=O) groups excluding carboxylic acids is 1. The summed E-state index contributed by atoms with van der Waals surface area (Å²) in [5, 5.41) is 4.03. The highest BCUT2D eigenvalue weighted by molar-refractivity contribution is 7.16. The Morgan fingerprint density at radius 2 is 2.05 bits per heavy atom. The third-order valence-electron chi connectivity index (χ3n) is 2.48. The van der Waals surface area contributed by atoms with E-state index in [1.54, 1.807) is 0 Å². The zero-order valence-electron chi connectivity index (χ0n) is 10.2. The molecule has 1 heterocycles. The Morgan fingerprint density at radius 1 is 1.37 bits per heavy atom. The van der Waals surface area contributed by atoms with Crippen molar-refractivity contribution < 1.29 is 4.79 Å². The Labute approximate surface area is 125 Å². The lowest BCUT2D eigenvalue weighted by Gasteiger charge is -1.99. The summed E-state index contributed by atoms with van der Waals surface area (Å²) < 4.78 is 0. The Balaban J connectivity index is 2.21. The van der Waals surface area contributed by atoms with Crippen molar-refractivity contribution in [2.75, 3.05) is 11.2 Å². The van der Waals surface area contributed by atoms with Crippen LogP contribution < -0.4 is 5.32 Å². The summed E-state index contributed by atoms with van der Waals surface area (Å²) >= 11 is 12.8. The van der Waals surface area contributed by atoms with Crippen LogP contribution in [0, 0.1) is 6.92 Å². The quantitative estimate of drug-likeness (QED) is 0.853. The van der Waals surface area contributed by atoms with E-state index in [4.69, 9.17) is 23.2 Å². The van der Waals surface area contributed by atoms with Gasteiger partial charge in [-0.05, 0) is 19.1 Å². The van der Waals surface area contributed by atoms with E-state index < -0.39 is 0 Å². The minimum Gasteiger partial charge on any atom is -0.302 e. The largest absolute Gasteiger partial charge is 0.302 e. The van der Waals surface area contributed by atoms with Crippen molar-refractivity contribution in [3.63, 3.8) is 0 Å². The smallest absolute Gasteiger partial charge is 0.227 e. The van der Waals surface area contributed by atoms with Crippen molar-refractivity contribution in [2.24, 2.45) is 0 Å². The lowest BCUT2D eigenvalue weighted by Crippen LogP contribution is -2.11. The number of hydrogen-bond donors (Lipinski definition) is 1. The Bertz CT molecular complexity index is 581. The van der Waals surface area contributed by atoms with E-state index in [9.17, 15) is 4.79 Å². The van der Waals surface area contributed by atoms with Gasteiger partial charge in [0, 0.05) is 27.8 Å². The second kappa shape index (κ2) is 6.37. The van der Waals surface area contributed by atoms with Gasteiger partial charge in [0.1, 0.15) is 0 Å². The number of thiazole rings is 1. The first-order valence-electron chi connectivity index (χ1n) is 5.69. The molecule has 6 heteroatoms. The van der Waals surface area contributed by atoms with Crippen LogP contribution in [0.4, 0.5) is 5.13 Å². The highest BCUT2D eigenvalue weighted by Gasteiger charge is 2.11. The molecule has 0 aliphatic heterocycles. The molecule has 0 bridgehead atoms. The van der Waals surface area contributed by atoms with Crippen LogP contribution >= 0.6 is 34.5 Å². The van der Waals surface area contributed by atoms with Gasteiger partial charge in [-0.15, -0.1) is 22.9 Å². The van der Waals surface area contributed by atoms with Crippen LogP contribution in [0.5, 0.6) is 0 Å². The average molecular weight is 315 g/mol. The second-order valence-electron chi connectivity index (χ2n) is 3.92. The fourth-order valence-electron chi connectivity index (χ4n) is 1.59. The van der Waals surface area contributed by atoms with Gasteiger partial charge in [-0.25, -0.2) is 4.98 Å². The fraction of sp³-hybridized carbons (Fsp3) is 0.231. The molecule has 0 unspecified atom stereocenters. The topological polar surface area (TPSA) is 42.0 Å². The number of amides is 1. The van der Waals surface area contributed by atoms with Gasteiger partial charge in [0.25, 0.3) is 0 Å². The number of carbonyl (C=O) groups is 1. The molecule has 0 saturated carbocycles. The first-order chi connectivity index (χ1) is 9.10. The molecule has 0 fully saturated rings. The fourth-order valence-corrected chi connectivity index (χ4v) is 2.74. The molecular formula is C13H12Cl2N2OS. The van der Waals surface area contributed by atoms with Crippen LogP contribution in [0.2, 0.25) is 5.02 Å². The highest BCUT2D eigenvalue weighted by atomic mass is 35.5. The molecule has 0 aliphatic carbocycles. The summed E-state index contributed by atoms with van der Waals surface area (Å²) in [7, 11) is 0. The van der Waals surface area contributed by atoms with Crippen LogP contribution in [-0.2, 0) is 4.79 Å². The van der Waals surface area contributed by atoms with Crippen molar-refractivity contribution in [2.45, 2.75) is 13.3 Å². The van der Waals surface area contributed by atoms with Crippen LogP contribution in [0.25, 0.3) is 11.3 Å². The van der Waals surface area contributed by atoms with E-state index in [0.717, 1.165) is 16.1 Å². The zero-order valence-corrected chi connectivity index (χ0v) is 12.6. The Kier molecular flexibility index (Phi) is 4.80. The van der Waals surface area contributed by atoms with Crippen LogP contribution in [0.1, 0.15) is 11.3 Å². The monoisotopic (exact) mass is 314 g/mol. The van der Waals surface area contributed by atoms with Crippen molar-refractivity contribution in [3.05, 3.63) is 34.2 Å². The number of halogens is 2.